The van der Waals surface area contributed by atoms with E-state index in [1.54, 1.807) is 0 Å². The Kier molecular flexibility index (Phi) is 10.2. The van der Waals surface area contributed by atoms with E-state index in [0.29, 0.717) is 32.2 Å². The number of nitrogens with zero attached hydrogens (tertiary/aromatic N) is 1. The van der Waals surface area contributed by atoms with Gasteiger partial charge in [-0.2, -0.15) is 0 Å². The van der Waals surface area contributed by atoms with Crippen molar-refractivity contribution in [1.29, 1.82) is 0 Å². The maximum atomic E-state index is 13.7. The molecular weight excluding hydrogens is 500 g/mol. The van der Waals surface area contributed by atoms with Crippen molar-refractivity contribution >= 4 is 40.4 Å². The lowest BCUT2D eigenvalue weighted by molar-refractivity contribution is -0.459. The molecule has 39 heavy (non-hydrogen) atoms. The molecule has 0 aromatic heterocycles. The predicted molar refractivity (Wildman–Crippen MR) is 146 cm³/mol. The second-order valence-corrected chi connectivity index (χ2v) is 10.1. The molecule has 4 amide bonds. The van der Waals surface area contributed by atoms with Gasteiger partial charge in [-0.05, 0) is 35.6 Å². The first-order valence-electron chi connectivity index (χ1n) is 13.1. The number of benzene rings is 2. The Balaban J connectivity index is 1.72. The number of hydrogen-bond donors (Lipinski definition) is 7. The summed E-state index contributed by atoms with van der Waals surface area (Å²) in [6.45, 7) is 2.14. The average molecular weight is 541 g/mol. The van der Waals surface area contributed by atoms with Crippen molar-refractivity contribution in [2.24, 2.45) is 17.2 Å². The molecule has 2 aromatic carbocycles. The van der Waals surface area contributed by atoms with Gasteiger partial charge in [-0.15, -0.1) is 0 Å². The number of rotatable bonds is 12. The van der Waals surface area contributed by atoms with Gasteiger partial charge in [-0.3, -0.25) is 35.6 Å². The molecule has 1 heterocycles. The molecule has 3 rings (SSSR count). The number of unbranched alkanes of at least 4 members (excludes halogenated alkanes) is 1. The van der Waals surface area contributed by atoms with Crippen LogP contribution < -0.4 is 38.6 Å². The molecule has 0 radical (unpaired) electrons. The Morgan fingerprint density at radius 1 is 1.03 bits per heavy atom. The number of amides is 4. The number of likely N-dealkylation sites (tertiary alicyclic amines) is 1. The topological polar surface area (TPSA) is 215 Å². The first-order chi connectivity index (χ1) is 18.5. The van der Waals surface area contributed by atoms with Crippen LogP contribution in [0.25, 0.3) is 10.8 Å². The number of guanidine groups is 1. The van der Waals surface area contributed by atoms with Crippen molar-refractivity contribution in [3.63, 3.8) is 0 Å². The van der Waals surface area contributed by atoms with Crippen molar-refractivity contribution in [2.75, 3.05) is 13.1 Å². The first-order valence-corrected chi connectivity index (χ1v) is 13.1. The van der Waals surface area contributed by atoms with Crippen LogP contribution in [0.1, 0.15) is 38.2 Å². The highest BCUT2D eigenvalue weighted by Crippen LogP contribution is 2.21. The molecule has 0 aliphatic carbocycles. The van der Waals surface area contributed by atoms with Crippen LogP contribution in [0.15, 0.2) is 42.5 Å². The molecule has 12 N–H and O–H groups in total. The summed E-state index contributed by atoms with van der Waals surface area (Å²) >= 11 is 0. The van der Waals surface area contributed by atoms with Crippen molar-refractivity contribution in [1.82, 2.24) is 15.5 Å². The Bertz CT molecular complexity index is 1230. The lowest BCUT2D eigenvalue weighted by atomic mass is 10.0. The summed E-state index contributed by atoms with van der Waals surface area (Å²) in [6.07, 6.45) is 2.19. The number of nitrogens with two attached hydrogens (primary N) is 3. The number of fused-ring (bicyclic) bond motifs is 1. The zero-order valence-corrected chi connectivity index (χ0v) is 22.3. The molecule has 210 valence electrons. The molecule has 1 aliphatic rings. The van der Waals surface area contributed by atoms with E-state index in [4.69, 9.17) is 17.2 Å². The molecule has 1 saturated heterocycles. The third kappa shape index (κ3) is 8.40. The molecule has 12 heteroatoms. The van der Waals surface area contributed by atoms with E-state index in [0.717, 1.165) is 16.3 Å². The summed E-state index contributed by atoms with van der Waals surface area (Å²) < 4.78 is 0. The molecule has 0 bridgehead atoms. The molecule has 1 aliphatic heterocycles. The van der Waals surface area contributed by atoms with Gasteiger partial charge in [-0.25, -0.2) is 0 Å². The highest BCUT2D eigenvalue weighted by Gasteiger charge is 2.43. The normalized spacial score (nSPS) is 18.3. The third-order valence-electron chi connectivity index (χ3n) is 6.81. The largest absolute Gasteiger partial charge is 0.368 e. The van der Waals surface area contributed by atoms with Crippen molar-refractivity contribution in [3.05, 3.63) is 48.0 Å². The minimum Gasteiger partial charge on any atom is -0.368 e. The van der Waals surface area contributed by atoms with Crippen LogP contribution in [0.5, 0.6) is 0 Å². The van der Waals surface area contributed by atoms with Gasteiger partial charge in [0.05, 0.1) is 13.1 Å². The lowest BCUT2D eigenvalue weighted by Crippen LogP contribution is -2.78. The van der Waals surface area contributed by atoms with Gasteiger partial charge < -0.3 is 27.0 Å². The molecule has 12 nitrogen and oxygen atoms in total. The van der Waals surface area contributed by atoms with E-state index >= 15 is 0 Å². The number of hydrogen-bond acceptors (Lipinski definition) is 4. The van der Waals surface area contributed by atoms with Crippen LogP contribution in [0.3, 0.4) is 0 Å². The fourth-order valence-electron chi connectivity index (χ4n) is 4.92. The van der Waals surface area contributed by atoms with E-state index in [-0.39, 0.29) is 36.8 Å². The van der Waals surface area contributed by atoms with Gasteiger partial charge in [0.2, 0.25) is 23.6 Å². The Labute approximate surface area is 227 Å². The first kappa shape index (κ1) is 29.4. The standard InChI is InChI=1S/C27H38N8O4/c1-16(36)33-22(13-17-9-10-18-6-2-3-7-19(18)12-17)26(39)35-15-20(28)14-23(35)25(38)34-21(24(29)37)8-4-5-11-32-27(30)31/h2-3,6-7,9-10,12,20-23H,4-5,8,11,13-15,28H2,1H3,(H2,29,37)(H,33,36)(H,34,38)(H4,30,31,32)/p+2/t20-,21-,22-,23-/m0/s1. The molecular formula is C27H40N8O4+2. The molecule has 4 atom stereocenters. The SMILES string of the molecule is CC(=O)N[C@@H](Cc1ccc2ccccc2c1)C(=O)N1C[C@@H]([NH3+])C[C@H]1C(=O)N[C@@H](CCCC[NH+]=C(N)N)C(N)=O. The number of nitrogens with one attached hydrogen (secondary N) is 3. The zero-order chi connectivity index (χ0) is 28.5. The van der Waals surface area contributed by atoms with Gasteiger partial charge in [0, 0.05) is 19.8 Å². The second kappa shape index (κ2) is 13.6. The van der Waals surface area contributed by atoms with Gasteiger partial charge in [-0.1, -0.05) is 42.5 Å². The number of quaternary nitrogens is 1. The van der Waals surface area contributed by atoms with E-state index in [2.05, 4.69) is 21.4 Å². The lowest BCUT2D eigenvalue weighted by Gasteiger charge is -2.29. The van der Waals surface area contributed by atoms with E-state index in [1.165, 1.54) is 11.8 Å². The van der Waals surface area contributed by atoms with Crippen LogP contribution >= 0.6 is 0 Å². The summed E-state index contributed by atoms with van der Waals surface area (Å²) in [7, 11) is 0. The van der Waals surface area contributed by atoms with Gasteiger partial charge >= 0.3 is 5.96 Å². The van der Waals surface area contributed by atoms with Crippen LogP contribution in [-0.4, -0.2) is 71.7 Å². The molecule has 1 fully saturated rings. The fraction of sp³-hybridized carbons (Fsp3) is 0.444. The highest BCUT2D eigenvalue weighted by atomic mass is 16.2. The zero-order valence-electron chi connectivity index (χ0n) is 22.3. The fourth-order valence-corrected chi connectivity index (χ4v) is 4.92. The quantitative estimate of drug-likeness (QED) is 0.0826. The van der Waals surface area contributed by atoms with Gasteiger partial charge in [0.15, 0.2) is 0 Å². The number of carbonyl (C=O) groups excluding carboxylic acids is 4. The van der Waals surface area contributed by atoms with Crippen LogP contribution in [-0.2, 0) is 25.6 Å². The minimum atomic E-state index is -0.888. The van der Waals surface area contributed by atoms with E-state index in [9.17, 15) is 19.2 Å². The second-order valence-electron chi connectivity index (χ2n) is 10.1. The summed E-state index contributed by atoms with van der Waals surface area (Å²) in [4.78, 5) is 55.3. The summed E-state index contributed by atoms with van der Waals surface area (Å²) in [5.74, 6) is -1.74. The van der Waals surface area contributed by atoms with E-state index in [1.807, 2.05) is 42.5 Å². The summed E-state index contributed by atoms with van der Waals surface area (Å²) in [5, 5.41) is 7.57. The van der Waals surface area contributed by atoms with Crippen molar-refractivity contribution in [2.45, 2.75) is 63.2 Å². The van der Waals surface area contributed by atoms with Crippen molar-refractivity contribution in [3.8, 4) is 0 Å². The molecule has 0 unspecified atom stereocenters. The Morgan fingerprint density at radius 2 is 1.74 bits per heavy atom. The van der Waals surface area contributed by atoms with Crippen molar-refractivity contribution < 1.29 is 29.9 Å². The molecule has 0 spiro atoms. The number of carbonyl (C=O) groups is 4. The highest BCUT2D eigenvalue weighted by molar-refractivity contribution is 5.94. The Morgan fingerprint density at radius 3 is 2.41 bits per heavy atom. The van der Waals surface area contributed by atoms with Gasteiger partial charge in [0.1, 0.15) is 24.2 Å². The maximum absolute atomic E-state index is 13.7. The van der Waals surface area contributed by atoms with Crippen LogP contribution in [0, 0.1) is 0 Å². The monoisotopic (exact) mass is 540 g/mol. The molecule has 0 saturated carbocycles. The van der Waals surface area contributed by atoms with Gasteiger partial charge in [0.25, 0.3) is 0 Å². The minimum absolute atomic E-state index is 0.113. The average Bonchev–Trinajstić information content (AvgIpc) is 3.28. The number of primary amides is 1. The smallest absolute Gasteiger partial charge is 0.338 e. The third-order valence-corrected chi connectivity index (χ3v) is 6.81. The Hall–Kier alpha value is -4.19. The van der Waals surface area contributed by atoms with E-state index < -0.39 is 29.9 Å². The maximum Gasteiger partial charge on any atom is 0.338 e. The molecule has 2 aromatic rings. The predicted octanol–water partition coefficient (Wildman–Crippen LogP) is -3.41. The summed E-state index contributed by atoms with van der Waals surface area (Å²) in [6, 6.07) is 11.0. The van der Waals surface area contributed by atoms with Crippen LogP contribution in [0.2, 0.25) is 0 Å². The summed E-state index contributed by atoms with van der Waals surface area (Å²) in [5.41, 5.74) is 21.2. The van der Waals surface area contributed by atoms with Crippen LogP contribution in [0.4, 0.5) is 0 Å².